The molecule has 0 spiro atoms. The number of rotatable bonds is 4. The zero-order valence-corrected chi connectivity index (χ0v) is 9.21. The van der Waals surface area contributed by atoms with Crippen LogP contribution in [0, 0.1) is 0 Å². The number of hydrogen-bond donors (Lipinski definition) is 1. The maximum absolute atomic E-state index is 5.87. The Morgan fingerprint density at radius 3 is 2.93 bits per heavy atom. The van der Waals surface area contributed by atoms with E-state index in [0.29, 0.717) is 17.4 Å². The van der Waals surface area contributed by atoms with Gasteiger partial charge in [0.05, 0.1) is 11.1 Å². The maximum atomic E-state index is 5.87. The second-order valence-electron chi connectivity index (χ2n) is 3.15. The van der Waals surface area contributed by atoms with Crippen molar-refractivity contribution in [1.29, 1.82) is 0 Å². The van der Waals surface area contributed by atoms with Crippen molar-refractivity contribution in [2.45, 2.75) is 32.9 Å². The molecule has 0 amide bonds. The van der Waals surface area contributed by atoms with Crippen molar-refractivity contribution < 1.29 is 4.74 Å². The van der Waals surface area contributed by atoms with Crippen LogP contribution in [0.2, 0.25) is 5.02 Å². The van der Waals surface area contributed by atoms with Gasteiger partial charge in [-0.1, -0.05) is 18.5 Å². The fourth-order valence-electron chi connectivity index (χ4n) is 0.969. The van der Waals surface area contributed by atoms with Crippen LogP contribution in [0.15, 0.2) is 12.3 Å². The van der Waals surface area contributed by atoms with Gasteiger partial charge in [-0.05, 0) is 18.9 Å². The summed E-state index contributed by atoms with van der Waals surface area (Å²) in [5.74, 6) is 0.587. The van der Waals surface area contributed by atoms with Gasteiger partial charge in [-0.3, -0.25) is 0 Å². The lowest BCUT2D eigenvalue weighted by Gasteiger charge is -2.12. The Hall–Kier alpha value is -0.800. The van der Waals surface area contributed by atoms with E-state index >= 15 is 0 Å². The van der Waals surface area contributed by atoms with Gasteiger partial charge in [-0.15, -0.1) is 0 Å². The summed E-state index contributed by atoms with van der Waals surface area (Å²) in [6, 6.07) is 1.79. The van der Waals surface area contributed by atoms with Gasteiger partial charge in [0.25, 0.3) is 0 Å². The number of hydrogen-bond acceptors (Lipinski definition) is 3. The smallest absolute Gasteiger partial charge is 0.213 e. The first-order chi connectivity index (χ1) is 6.67. The van der Waals surface area contributed by atoms with Crippen LogP contribution in [-0.4, -0.2) is 11.1 Å². The maximum Gasteiger partial charge on any atom is 0.213 e. The van der Waals surface area contributed by atoms with Crippen molar-refractivity contribution in [3.05, 3.63) is 22.8 Å². The molecule has 0 saturated carbocycles. The standard InChI is InChI=1S/C10H15ClN2O/c1-3-7(2)14-10-4-8(5-12)9(11)6-13-10/h4,6-7H,3,5,12H2,1-2H3. The molecule has 0 saturated heterocycles. The fraction of sp³-hybridized carbons (Fsp3) is 0.500. The minimum Gasteiger partial charge on any atom is -0.475 e. The van der Waals surface area contributed by atoms with E-state index in [1.165, 1.54) is 0 Å². The predicted octanol–water partition coefficient (Wildman–Crippen LogP) is 2.37. The Morgan fingerprint density at radius 1 is 1.64 bits per heavy atom. The van der Waals surface area contributed by atoms with Gasteiger partial charge in [0.15, 0.2) is 0 Å². The number of nitrogens with two attached hydrogens (primary N) is 1. The zero-order chi connectivity index (χ0) is 10.6. The van der Waals surface area contributed by atoms with Crippen LogP contribution in [0.25, 0.3) is 0 Å². The summed E-state index contributed by atoms with van der Waals surface area (Å²) in [5, 5.41) is 0.587. The monoisotopic (exact) mass is 214 g/mol. The van der Waals surface area contributed by atoms with E-state index < -0.39 is 0 Å². The Kier molecular flexibility index (Phi) is 4.17. The van der Waals surface area contributed by atoms with E-state index in [-0.39, 0.29) is 6.10 Å². The highest BCUT2D eigenvalue weighted by atomic mass is 35.5. The highest BCUT2D eigenvalue weighted by Crippen LogP contribution is 2.19. The van der Waals surface area contributed by atoms with Gasteiger partial charge in [-0.25, -0.2) is 4.98 Å². The molecular formula is C10H15ClN2O. The lowest BCUT2D eigenvalue weighted by molar-refractivity contribution is 0.208. The van der Waals surface area contributed by atoms with Crippen molar-refractivity contribution in [2.24, 2.45) is 5.73 Å². The molecule has 0 aliphatic rings. The highest BCUT2D eigenvalue weighted by Gasteiger charge is 2.05. The van der Waals surface area contributed by atoms with E-state index in [2.05, 4.69) is 11.9 Å². The number of halogens is 1. The molecule has 0 aliphatic carbocycles. The molecular weight excluding hydrogens is 200 g/mol. The quantitative estimate of drug-likeness (QED) is 0.837. The van der Waals surface area contributed by atoms with Crippen LogP contribution < -0.4 is 10.5 Å². The molecule has 1 aromatic heterocycles. The van der Waals surface area contributed by atoms with E-state index in [9.17, 15) is 0 Å². The molecule has 0 aliphatic heterocycles. The molecule has 0 fully saturated rings. The third kappa shape index (κ3) is 2.86. The van der Waals surface area contributed by atoms with Crippen LogP contribution in [0.1, 0.15) is 25.8 Å². The summed E-state index contributed by atoms with van der Waals surface area (Å²) in [7, 11) is 0. The molecule has 78 valence electrons. The Labute approximate surface area is 89.2 Å². The summed E-state index contributed by atoms with van der Waals surface area (Å²) < 4.78 is 5.54. The van der Waals surface area contributed by atoms with Gasteiger partial charge in [0, 0.05) is 18.8 Å². The first-order valence-corrected chi connectivity index (χ1v) is 5.06. The van der Waals surface area contributed by atoms with Crippen LogP contribution in [0.3, 0.4) is 0 Å². The molecule has 0 bridgehead atoms. The molecule has 1 rings (SSSR count). The average Bonchev–Trinajstić information content (AvgIpc) is 2.20. The molecule has 4 heteroatoms. The van der Waals surface area contributed by atoms with Crippen molar-refractivity contribution in [1.82, 2.24) is 4.98 Å². The molecule has 0 radical (unpaired) electrons. The summed E-state index contributed by atoms with van der Waals surface area (Å²) in [6.07, 6.45) is 2.68. The summed E-state index contributed by atoms with van der Waals surface area (Å²) in [6.45, 7) is 4.46. The first-order valence-electron chi connectivity index (χ1n) is 4.68. The average molecular weight is 215 g/mol. The minimum atomic E-state index is 0.161. The first kappa shape index (κ1) is 11.3. The van der Waals surface area contributed by atoms with Crippen molar-refractivity contribution in [3.63, 3.8) is 0 Å². The second-order valence-corrected chi connectivity index (χ2v) is 3.56. The Bertz CT molecular complexity index is 304. The fourth-order valence-corrected chi connectivity index (χ4v) is 1.15. The molecule has 0 aromatic carbocycles. The molecule has 3 nitrogen and oxygen atoms in total. The van der Waals surface area contributed by atoms with Crippen LogP contribution in [0.4, 0.5) is 0 Å². The molecule has 1 unspecified atom stereocenters. The topological polar surface area (TPSA) is 48.1 Å². The van der Waals surface area contributed by atoms with E-state index in [1.807, 2.05) is 6.92 Å². The largest absolute Gasteiger partial charge is 0.475 e. The summed E-state index contributed by atoms with van der Waals surface area (Å²) in [5.41, 5.74) is 6.38. The zero-order valence-electron chi connectivity index (χ0n) is 8.46. The number of nitrogens with zero attached hydrogens (tertiary/aromatic N) is 1. The number of aromatic nitrogens is 1. The SMILES string of the molecule is CCC(C)Oc1cc(CN)c(Cl)cn1. The molecule has 1 aromatic rings. The molecule has 1 atom stereocenters. The lowest BCUT2D eigenvalue weighted by atomic mass is 10.2. The Morgan fingerprint density at radius 2 is 2.36 bits per heavy atom. The molecule has 14 heavy (non-hydrogen) atoms. The number of ether oxygens (including phenoxy) is 1. The van der Waals surface area contributed by atoms with E-state index in [4.69, 9.17) is 22.1 Å². The number of pyridine rings is 1. The third-order valence-electron chi connectivity index (χ3n) is 2.03. The molecule has 1 heterocycles. The van der Waals surface area contributed by atoms with Gasteiger partial charge in [0.2, 0.25) is 5.88 Å². The lowest BCUT2D eigenvalue weighted by Crippen LogP contribution is -2.11. The van der Waals surface area contributed by atoms with Crippen LogP contribution >= 0.6 is 11.6 Å². The normalized spacial score (nSPS) is 12.6. The van der Waals surface area contributed by atoms with Gasteiger partial charge in [-0.2, -0.15) is 0 Å². The van der Waals surface area contributed by atoms with Crippen molar-refractivity contribution in [3.8, 4) is 5.88 Å². The second kappa shape index (κ2) is 5.17. The van der Waals surface area contributed by atoms with Gasteiger partial charge >= 0.3 is 0 Å². The van der Waals surface area contributed by atoms with Crippen molar-refractivity contribution >= 4 is 11.6 Å². The summed E-state index contributed by atoms with van der Waals surface area (Å²) in [4.78, 5) is 4.07. The van der Waals surface area contributed by atoms with Gasteiger partial charge in [0.1, 0.15) is 0 Å². The van der Waals surface area contributed by atoms with Crippen LogP contribution in [-0.2, 0) is 6.54 Å². The van der Waals surface area contributed by atoms with E-state index in [1.54, 1.807) is 12.3 Å². The minimum absolute atomic E-state index is 0.161. The van der Waals surface area contributed by atoms with Crippen molar-refractivity contribution in [2.75, 3.05) is 0 Å². The third-order valence-corrected chi connectivity index (χ3v) is 2.37. The predicted molar refractivity (Wildman–Crippen MR) is 57.5 cm³/mol. The van der Waals surface area contributed by atoms with Gasteiger partial charge < -0.3 is 10.5 Å². The summed E-state index contributed by atoms with van der Waals surface area (Å²) >= 11 is 5.87. The van der Waals surface area contributed by atoms with Crippen LogP contribution in [0.5, 0.6) is 5.88 Å². The highest BCUT2D eigenvalue weighted by molar-refractivity contribution is 6.31. The van der Waals surface area contributed by atoms with E-state index in [0.717, 1.165) is 12.0 Å². The molecule has 2 N–H and O–H groups in total. The Balaban J connectivity index is 2.79.